The molecule has 0 aliphatic carbocycles. The van der Waals surface area contributed by atoms with Gasteiger partial charge >= 0.3 is 6.03 Å². The quantitative estimate of drug-likeness (QED) is 0.633. The predicted octanol–water partition coefficient (Wildman–Crippen LogP) is 1.75. The lowest BCUT2D eigenvalue weighted by atomic mass is 10.1. The second kappa shape index (κ2) is 5.58. The maximum Gasteiger partial charge on any atom is 0.332 e. The van der Waals surface area contributed by atoms with Gasteiger partial charge in [0.05, 0.1) is 6.21 Å². The summed E-state index contributed by atoms with van der Waals surface area (Å²) in [5, 5.41) is 3.71. The van der Waals surface area contributed by atoms with Crippen LogP contribution in [0.15, 0.2) is 53.9 Å². The standard InChI is InChI=1S/C13H12N4O/c14-13(18)17-16-8-10-3-1-4-11(7-10)12-5-2-6-15-9-12/h1-9H,(H3,14,17,18). The third-order valence-electron chi connectivity index (χ3n) is 2.27. The Hall–Kier alpha value is -2.69. The monoisotopic (exact) mass is 240 g/mol. The number of primary amides is 1. The van der Waals surface area contributed by atoms with Crippen molar-refractivity contribution in [3.8, 4) is 11.1 Å². The number of nitrogens with zero attached hydrogens (tertiary/aromatic N) is 2. The summed E-state index contributed by atoms with van der Waals surface area (Å²) < 4.78 is 0. The Labute approximate surface area is 104 Å². The molecule has 5 nitrogen and oxygen atoms in total. The van der Waals surface area contributed by atoms with E-state index in [-0.39, 0.29) is 0 Å². The van der Waals surface area contributed by atoms with Crippen LogP contribution in [0.3, 0.4) is 0 Å². The van der Waals surface area contributed by atoms with Gasteiger partial charge in [-0.1, -0.05) is 24.3 Å². The highest BCUT2D eigenvalue weighted by Gasteiger charge is 1.97. The molecule has 2 aromatic rings. The molecular formula is C13H12N4O. The van der Waals surface area contributed by atoms with E-state index in [1.54, 1.807) is 12.4 Å². The second-order valence-electron chi connectivity index (χ2n) is 3.60. The predicted molar refractivity (Wildman–Crippen MR) is 70.0 cm³/mol. The molecule has 0 radical (unpaired) electrons. The summed E-state index contributed by atoms with van der Waals surface area (Å²) >= 11 is 0. The third kappa shape index (κ3) is 3.15. The van der Waals surface area contributed by atoms with Crippen LogP contribution in [0.5, 0.6) is 0 Å². The molecule has 0 unspecified atom stereocenters. The van der Waals surface area contributed by atoms with Gasteiger partial charge in [-0.3, -0.25) is 4.98 Å². The fourth-order valence-electron chi connectivity index (χ4n) is 1.50. The lowest BCUT2D eigenvalue weighted by molar-refractivity contribution is 0.249. The third-order valence-corrected chi connectivity index (χ3v) is 2.27. The van der Waals surface area contributed by atoms with Gasteiger partial charge in [-0.15, -0.1) is 0 Å². The van der Waals surface area contributed by atoms with Crippen molar-refractivity contribution in [3.05, 3.63) is 54.4 Å². The summed E-state index contributed by atoms with van der Waals surface area (Å²) in [6.07, 6.45) is 5.05. The summed E-state index contributed by atoms with van der Waals surface area (Å²) in [6, 6.07) is 10.9. The first-order valence-electron chi connectivity index (χ1n) is 5.35. The van der Waals surface area contributed by atoms with Crippen LogP contribution >= 0.6 is 0 Å². The average molecular weight is 240 g/mol. The van der Waals surface area contributed by atoms with E-state index >= 15 is 0 Å². The molecule has 1 aromatic carbocycles. The Morgan fingerprint density at radius 1 is 1.28 bits per heavy atom. The molecule has 0 saturated heterocycles. The topological polar surface area (TPSA) is 80.4 Å². The van der Waals surface area contributed by atoms with Gasteiger partial charge in [0.2, 0.25) is 0 Å². The van der Waals surface area contributed by atoms with E-state index < -0.39 is 6.03 Å². The first kappa shape index (κ1) is 11.8. The number of carbonyl (C=O) groups excluding carboxylic acids is 1. The number of hydrogen-bond donors (Lipinski definition) is 2. The van der Waals surface area contributed by atoms with E-state index in [0.29, 0.717) is 0 Å². The zero-order chi connectivity index (χ0) is 12.8. The van der Waals surface area contributed by atoms with Crippen molar-refractivity contribution < 1.29 is 4.79 Å². The molecule has 0 aliphatic heterocycles. The van der Waals surface area contributed by atoms with Crippen LogP contribution < -0.4 is 11.2 Å². The van der Waals surface area contributed by atoms with Crippen molar-refractivity contribution in [1.82, 2.24) is 10.4 Å². The number of rotatable bonds is 3. The lowest BCUT2D eigenvalue weighted by Gasteiger charge is -2.01. The van der Waals surface area contributed by atoms with Crippen molar-refractivity contribution in [2.45, 2.75) is 0 Å². The minimum Gasteiger partial charge on any atom is -0.350 e. The van der Waals surface area contributed by atoms with E-state index in [1.807, 2.05) is 36.4 Å². The van der Waals surface area contributed by atoms with Crippen molar-refractivity contribution in [2.24, 2.45) is 10.8 Å². The molecule has 0 fully saturated rings. The molecule has 0 aliphatic rings. The van der Waals surface area contributed by atoms with Gasteiger partial charge in [-0.25, -0.2) is 10.2 Å². The highest BCUT2D eigenvalue weighted by atomic mass is 16.2. The number of urea groups is 1. The number of hydrogen-bond acceptors (Lipinski definition) is 3. The molecule has 0 spiro atoms. The zero-order valence-corrected chi connectivity index (χ0v) is 9.58. The molecule has 0 atom stereocenters. The van der Waals surface area contributed by atoms with Gasteiger partial charge in [0, 0.05) is 18.0 Å². The van der Waals surface area contributed by atoms with Gasteiger partial charge in [0.25, 0.3) is 0 Å². The van der Waals surface area contributed by atoms with Crippen molar-refractivity contribution in [1.29, 1.82) is 0 Å². The van der Waals surface area contributed by atoms with Gasteiger partial charge < -0.3 is 5.73 Å². The maximum atomic E-state index is 10.5. The van der Waals surface area contributed by atoms with Crippen LogP contribution in [0.1, 0.15) is 5.56 Å². The van der Waals surface area contributed by atoms with E-state index in [0.717, 1.165) is 16.7 Å². The average Bonchev–Trinajstić information content (AvgIpc) is 2.40. The van der Waals surface area contributed by atoms with Crippen molar-refractivity contribution in [3.63, 3.8) is 0 Å². The van der Waals surface area contributed by atoms with Crippen LogP contribution in [-0.4, -0.2) is 17.2 Å². The number of nitrogens with two attached hydrogens (primary N) is 1. The van der Waals surface area contributed by atoms with Gasteiger partial charge in [-0.2, -0.15) is 5.10 Å². The van der Waals surface area contributed by atoms with Gasteiger partial charge in [0.1, 0.15) is 0 Å². The molecule has 0 bridgehead atoms. The number of benzene rings is 1. The van der Waals surface area contributed by atoms with Gasteiger partial charge in [-0.05, 0) is 23.3 Å². The highest BCUT2D eigenvalue weighted by molar-refractivity contribution is 5.83. The zero-order valence-electron chi connectivity index (χ0n) is 9.58. The summed E-state index contributed by atoms with van der Waals surface area (Å²) in [7, 11) is 0. The molecular weight excluding hydrogens is 228 g/mol. The van der Waals surface area contributed by atoms with Gasteiger partial charge in [0.15, 0.2) is 0 Å². The smallest absolute Gasteiger partial charge is 0.332 e. The number of amides is 2. The second-order valence-corrected chi connectivity index (χ2v) is 3.60. The highest BCUT2D eigenvalue weighted by Crippen LogP contribution is 2.18. The summed E-state index contributed by atoms with van der Waals surface area (Å²) in [4.78, 5) is 14.5. The largest absolute Gasteiger partial charge is 0.350 e. The first-order valence-corrected chi connectivity index (χ1v) is 5.35. The molecule has 1 aromatic heterocycles. The SMILES string of the molecule is NC(=O)NN=Cc1cccc(-c2cccnc2)c1. The Bertz CT molecular complexity index is 566. The van der Waals surface area contributed by atoms with Crippen LogP contribution in [0.4, 0.5) is 4.79 Å². The molecule has 18 heavy (non-hydrogen) atoms. The molecule has 2 rings (SSSR count). The molecule has 5 heteroatoms. The molecule has 2 amide bonds. The number of nitrogens with one attached hydrogen (secondary N) is 1. The maximum absolute atomic E-state index is 10.5. The first-order chi connectivity index (χ1) is 8.75. The Balaban J connectivity index is 2.20. The number of carbonyl (C=O) groups is 1. The number of pyridine rings is 1. The molecule has 1 heterocycles. The lowest BCUT2D eigenvalue weighted by Crippen LogP contribution is -2.24. The molecule has 90 valence electrons. The molecule has 3 N–H and O–H groups in total. The van der Waals surface area contributed by atoms with Crippen molar-refractivity contribution >= 4 is 12.2 Å². The summed E-state index contributed by atoms with van der Waals surface area (Å²) in [5.74, 6) is 0. The van der Waals surface area contributed by atoms with E-state index in [1.165, 1.54) is 6.21 Å². The van der Waals surface area contributed by atoms with E-state index in [9.17, 15) is 4.79 Å². The van der Waals surface area contributed by atoms with Crippen molar-refractivity contribution in [2.75, 3.05) is 0 Å². The molecule has 0 saturated carbocycles. The Morgan fingerprint density at radius 2 is 2.11 bits per heavy atom. The normalized spacial score (nSPS) is 10.4. The fourth-order valence-corrected chi connectivity index (χ4v) is 1.50. The fraction of sp³-hybridized carbons (Fsp3) is 0. The van der Waals surface area contributed by atoms with Crippen LogP contribution in [0, 0.1) is 0 Å². The summed E-state index contributed by atoms with van der Waals surface area (Å²) in [5.41, 5.74) is 9.98. The Morgan fingerprint density at radius 3 is 2.83 bits per heavy atom. The minimum atomic E-state index is -0.685. The van der Waals surface area contributed by atoms with Crippen LogP contribution in [0.25, 0.3) is 11.1 Å². The summed E-state index contributed by atoms with van der Waals surface area (Å²) in [6.45, 7) is 0. The number of aromatic nitrogens is 1. The number of hydrazone groups is 1. The minimum absolute atomic E-state index is 0.685. The van der Waals surface area contributed by atoms with E-state index in [2.05, 4.69) is 15.5 Å². The van der Waals surface area contributed by atoms with Crippen LogP contribution in [-0.2, 0) is 0 Å². The Kier molecular flexibility index (Phi) is 3.66. The van der Waals surface area contributed by atoms with Crippen LogP contribution in [0.2, 0.25) is 0 Å². The van der Waals surface area contributed by atoms with E-state index in [4.69, 9.17) is 5.73 Å².